The predicted octanol–water partition coefficient (Wildman–Crippen LogP) is 3.40. The predicted molar refractivity (Wildman–Crippen MR) is 89.1 cm³/mol. The Hall–Kier alpha value is -1.36. The van der Waals surface area contributed by atoms with Gasteiger partial charge in [-0.05, 0) is 32.6 Å². The molecule has 1 rings (SSSR count). The largest absolute Gasteiger partial charge is 0.385 e. The van der Waals surface area contributed by atoms with Gasteiger partial charge in [0.05, 0.1) is 0 Å². The highest BCUT2D eigenvalue weighted by Gasteiger charge is 2.10. The molecule has 0 amide bonds. The molecule has 0 bridgehead atoms. The molecule has 0 saturated heterocycles. The summed E-state index contributed by atoms with van der Waals surface area (Å²) >= 11 is 0. The van der Waals surface area contributed by atoms with Gasteiger partial charge in [-0.1, -0.05) is 13.8 Å². The van der Waals surface area contributed by atoms with Crippen molar-refractivity contribution in [3.8, 4) is 0 Å². The van der Waals surface area contributed by atoms with Gasteiger partial charge in [0.1, 0.15) is 17.5 Å². The number of aryl methyl sites for hydroxylation is 1. The van der Waals surface area contributed by atoms with E-state index in [9.17, 15) is 0 Å². The summed E-state index contributed by atoms with van der Waals surface area (Å²) in [7, 11) is 1.74. The maximum atomic E-state index is 5.07. The van der Waals surface area contributed by atoms with Crippen LogP contribution >= 0.6 is 0 Å². The van der Waals surface area contributed by atoms with E-state index in [1.54, 1.807) is 7.11 Å². The third kappa shape index (κ3) is 6.29. The second-order valence-corrected chi connectivity index (χ2v) is 5.27. The minimum absolute atomic E-state index is 0.814. The van der Waals surface area contributed by atoms with Gasteiger partial charge in [-0.2, -0.15) is 0 Å². The summed E-state index contributed by atoms with van der Waals surface area (Å²) in [6.45, 7) is 9.06. The highest BCUT2D eigenvalue weighted by molar-refractivity contribution is 5.57. The van der Waals surface area contributed by atoms with Crippen LogP contribution in [0, 0.1) is 6.92 Å². The zero-order chi connectivity index (χ0) is 15.5. The van der Waals surface area contributed by atoms with Gasteiger partial charge in [-0.3, -0.25) is 0 Å². The molecule has 0 aromatic carbocycles. The highest BCUT2D eigenvalue weighted by atomic mass is 16.5. The Labute approximate surface area is 128 Å². The van der Waals surface area contributed by atoms with Crippen molar-refractivity contribution in [3.05, 3.63) is 11.4 Å². The quantitative estimate of drug-likeness (QED) is 0.613. The lowest BCUT2D eigenvalue weighted by atomic mass is 10.2. The molecule has 1 aromatic rings. The first-order chi connectivity index (χ1) is 10.2. The fourth-order valence-corrected chi connectivity index (χ4v) is 2.06. The minimum atomic E-state index is 0.814. The van der Waals surface area contributed by atoms with E-state index in [1.165, 1.54) is 0 Å². The van der Waals surface area contributed by atoms with Crippen molar-refractivity contribution in [2.24, 2.45) is 0 Å². The molecule has 0 aliphatic rings. The molecule has 0 fully saturated rings. The van der Waals surface area contributed by atoms with Crippen LogP contribution < -0.4 is 10.6 Å². The molecule has 0 atom stereocenters. The second-order valence-electron chi connectivity index (χ2n) is 5.27. The summed E-state index contributed by atoms with van der Waals surface area (Å²) in [5, 5.41) is 6.84. The Morgan fingerprint density at radius 1 is 0.952 bits per heavy atom. The van der Waals surface area contributed by atoms with E-state index in [0.717, 1.165) is 74.8 Å². The van der Waals surface area contributed by atoms with Crippen LogP contribution in [0.4, 0.5) is 11.6 Å². The maximum Gasteiger partial charge on any atom is 0.134 e. The lowest BCUT2D eigenvalue weighted by molar-refractivity contribution is 0.194. The molecule has 0 radical (unpaired) electrons. The molecule has 2 N–H and O–H groups in total. The van der Waals surface area contributed by atoms with Gasteiger partial charge in [0.2, 0.25) is 0 Å². The zero-order valence-electron chi connectivity index (χ0n) is 14.0. The Kier molecular flexibility index (Phi) is 8.74. The van der Waals surface area contributed by atoms with Crippen molar-refractivity contribution < 1.29 is 4.74 Å². The third-order valence-electron chi connectivity index (χ3n) is 3.28. The molecule has 120 valence electrons. The Balaban J connectivity index is 2.72. The average molecular weight is 294 g/mol. The fraction of sp³-hybridized carbons (Fsp3) is 0.750. The van der Waals surface area contributed by atoms with E-state index in [1.807, 2.05) is 0 Å². The lowest BCUT2D eigenvalue weighted by Crippen LogP contribution is -2.12. The molecule has 0 spiro atoms. The van der Waals surface area contributed by atoms with Gasteiger partial charge >= 0.3 is 0 Å². The van der Waals surface area contributed by atoms with Crippen molar-refractivity contribution >= 4 is 11.6 Å². The molecule has 0 aliphatic heterocycles. The first-order valence-corrected chi connectivity index (χ1v) is 8.07. The van der Waals surface area contributed by atoms with Crippen LogP contribution in [0.1, 0.15) is 50.9 Å². The first kappa shape index (κ1) is 17.7. The number of hydrogen-bond donors (Lipinski definition) is 2. The van der Waals surface area contributed by atoms with Crippen molar-refractivity contribution in [2.45, 2.75) is 52.9 Å². The normalized spacial score (nSPS) is 10.7. The SMILES string of the molecule is CCCNc1nc(CCC)nc(NCCCCOC)c1C. The van der Waals surface area contributed by atoms with E-state index >= 15 is 0 Å². The molecule has 0 aliphatic carbocycles. The molecule has 1 aromatic heterocycles. The summed E-state index contributed by atoms with van der Waals surface area (Å²) in [6.07, 6.45) is 5.21. The Morgan fingerprint density at radius 3 is 2.19 bits per heavy atom. The van der Waals surface area contributed by atoms with Crippen LogP contribution in [0.5, 0.6) is 0 Å². The summed E-state index contributed by atoms with van der Waals surface area (Å²) in [5.74, 6) is 2.85. The number of nitrogens with one attached hydrogen (secondary N) is 2. The van der Waals surface area contributed by atoms with Crippen LogP contribution in [0.15, 0.2) is 0 Å². The molecule has 5 heteroatoms. The second kappa shape index (κ2) is 10.4. The summed E-state index contributed by atoms with van der Waals surface area (Å²) in [5.41, 5.74) is 1.11. The molecule has 0 saturated carbocycles. The number of ether oxygens (including phenoxy) is 1. The lowest BCUT2D eigenvalue weighted by Gasteiger charge is -2.15. The first-order valence-electron chi connectivity index (χ1n) is 8.07. The summed E-state index contributed by atoms with van der Waals surface area (Å²) in [6, 6.07) is 0. The van der Waals surface area contributed by atoms with Gasteiger partial charge in [-0.15, -0.1) is 0 Å². The summed E-state index contributed by atoms with van der Waals surface area (Å²) < 4.78 is 5.07. The fourth-order valence-electron chi connectivity index (χ4n) is 2.06. The van der Waals surface area contributed by atoms with E-state index in [-0.39, 0.29) is 0 Å². The Bertz CT molecular complexity index is 410. The van der Waals surface area contributed by atoms with Gasteiger partial charge in [0, 0.05) is 38.8 Å². The smallest absolute Gasteiger partial charge is 0.134 e. The van der Waals surface area contributed by atoms with E-state index < -0.39 is 0 Å². The highest BCUT2D eigenvalue weighted by Crippen LogP contribution is 2.20. The number of methoxy groups -OCH3 is 1. The van der Waals surface area contributed by atoms with Crippen molar-refractivity contribution in [1.29, 1.82) is 0 Å². The van der Waals surface area contributed by atoms with Crippen molar-refractivity contribution in [3.63, 3.8) is 0 Å². The maximum absolute atomic E-state index is 5.07. The zero-order valence-corrected chi connectivity index (χ0v) is 14.0. The van der Waals surface area contributed by atoms with Crippen molar-refractivity contribution in [2.75, 3.05) is 37.4 Å². The monoisotopic (exact) mass is 294 g/mol. The van der Waals surface area contributed by atoms with Gasteiger partial charge in [0.15, 0.2) is 0 Å². The van der Waals surface area contributed by atoms with Gasteiger partial charge in [0.25, 0.3) is 0 Å². The van der Waals surface area contributed by atoms with E-state index in [0.29, 0.717) is 0 Å². The molecule has 21 heavy (non-hydrogen) atoms. The average Bonchev–Trinajstić information content (AvgIpc) is 2.48. The topological polar surface area (TPSA) is 59.1 Å². The number of anilines is 2. The van der Waals surface area contributed by atoms with Gasteiger partial charge < -0.3 is 15.4 Å². The summed E-state index contributed by atoms with van der Waals surface area (Å²) in [4.78, 5) is 9.29. The van der Waals surface area contributed by atoms with Crippen LogP contribution in [0.25, 0.3) is 0 Å². The van der Waals surface area contributed by atoms with Crippen LogP contribution in [0.3, 0.4) is 0 Å². The number of nitrogens with zero attached hydrogens (tertiary/aromatic N) is 2. The third-order valence-corrected chi connectivity index (χ3v) is 3.28. The van der Waals surface area contributed by atoms with Crippen LogP contribution in [-0.2, 0) is 11.2 Å². The molecular formula is C16H30N4O. The Morgan fingerprint density at radius 2 is 1.62 bits per heavy atom. The standard InChI is InChI=1S/C16H30N4O/c1-5-9-14-19-15(17-10-6-2)13(3)16(20-14)18-11-7-8-12-21-4/h5-12H2,1-4H3,(H2,17,18,19,20). The molecule has 5 nitrogen and oxygen atoms in total. The molecule has 1 heterocycles. The number of hydrogen-bond acceptors (Lipinski definition) is 5. The number of rotatable bonds is 11. The van der Waals surface area contributed by atoms with Gasteiger partial charge in [-0.25, -0.2) is 9.97 Å². The van der Waals surface area contributed by atoms with Crippen molar-refractivity contribution in [1.82, 2.24) is 9.97 Å². The van der Waals surface area contributed by atoms with Crippen LogP contribution in [-0.4, -0.2) is 36.8 Å². The molecular weight excluding hydrogens is 264 g/mol. The number of aromatic nitrogens is 2. The molecule has 0 unspecified atom stereocenters. The number of unbranched alkanes of at least 4 members (excludes halogenated alkanes) is 1. The van der Waals surface area contributed by atoms with Crippen LogP contribution in [0.2, 0.25) is 0 Å². The minimum Gasteiger partial charge on any atom is -0.385 e. The van der Waals surface area contributed by atoms with E-state index in [4.69, 9.17) is 4.74 Å². The van der Waals surface area contributed by atoms with E-state index in [2.05, 4.69) is 41.4 Å².